The van der Waals surface area contributed by atoms with E-state index in [1.807, 2.05) is 67.5 Å². The first-order chi connectivity index (χ1) is 15.4. The molecule has 0 saturated heterocycles. The maximum Gasteiger partial charge on any atom is 0.230 e. The van der Waals surface area contributed by atoms with Crippen LogP contribution in [-0.4, -0.2) is 29.8 Å². The average molecular weight is 447 g/mol. The minimum atomic E-state index is -0.0887. The van der Waals surface area contributed by atoms with Crippen molar-refractivity contribution in [3.63, 3.8) is 0 Å². The number of nitrogens with zero attached hydrogens (tertiary/aromatic N) is 3. The van der Waals surface area contributed by atoms with Crippen molar-refractivity contribution in [1.29, 1.82) is 0 Å². The van der Waals surface area contributed by atoms with Crippen molar-refractivity contribution >= 4 is 39.7 Å². The van der Waals surface area contributed by atoms with E-state index >= 15 is 0 Å². The number of nitrogen functional groups attached to an aromatic ring is 1. The van der Waals surface area contributed by atoms with Crippen LogP contribution in [0.1, 0.15) is 22.3 Å². The molecule has 162 valence electrons. The molecule has 32 heavy (non-hydrogen) atoms. The van der Waals surface area contributed by atoms with E-state index in [1.54, 1.807) is 12.3 Å². The minimum Gasteiger partial charge on any atom is -0.438 e. The highest BCUT2D eigenvalue weighted by molar-refractivity contribution is 6.30. The number of aryl methyl sites for hydroxylation is 1. The Labute approximate surface area is 191 Å². The molecule has 0 aliphatic carbocycles. The lowest BCUT2D eigenvalue weighted by molar-refractivity contribution is 0.0980. The largest absolute Gasteiger partial charge is 0.438 e. The molecule has 0 aliphatic heterocycles. The molecule has 4 rings (SSSR count). The van der Waals surface area contributed by atoms with Crippen molar-refractivity contribution < 1.29 is 9.53 Å². The van der Waals surface area contributed by atoms with Crippen LogP contribution in [0.15, 0.2) is 67.0 Å². The zero-order valence-corrected chi connectivity index (χ0v) is 18.6. The number of carbonyl (C=O) groups is 1. The third-order valence-electron chi connectivity index (χ3n) is 5.19. The average Bonchev–Trinajstić information content (AvgIpc) is 2.79. The van der Waals surface area contributed by atoms with E-state index in [2.05, 4.69) is 9.97 Å². The van der Waals surface area contributed by atoms with Gasteiger partial charge in [-0.2, -0.15) is 0 Å². The number of benzene rings is 2. The van der Waals surface area contributed by atoms with Crippen LogP contribution in [0.3, 0.4) is 0 Å². The molecule has 0 amide bonds. The second-order valence-corrected chi connectivity index (χ2v) is 8.11. The molecule has 6 nitrogen and oxygen atoms in total. The molecule has 0 atom stereocenters. The minimum absolute atomic E-state index is 0.0887. The summed E-state index contributed by atoms with van der Waals surface area (Å²) in [5, 5.41) is 2.28. The Morgan fingerprint density at radius 2 is 1.84 bits per heavy atom. The first-order valence-electron chi connectivity index (χ1n) is 10.2. The van der Waals surface area contributed by atoms with Gasteiger partial charge in [-0.15, -0.1) is 0 Å². The summed E-state index contributed by atoms with van der Waals surface area (Å²) in [5.41, 5.74) is 8.37. The monoisotopic (exact) mass is 446 g/mol. The van der Waals surface area contributed by atoms with Crippen LogP contribution in [0.2, 0.25) is 5.02 Å². The highest BCUT2D eigenvalue weighted by Crippen LogP contribution is 2.28. The molecular formula is C25H23ClN4O2. The lowest BCUT2D eigenvalue weighted by Gasteiger charge is -2.14. The molecule has 0 fully saturated rings. The molecule has 0 saturated carbocycles. The zero-order chi connectivity index (χ0) is 22.7. The predicted octanol–water partition coefficient (Wildman–Crippen LogP) is 5.54. The fraction of sp³-hybridized carbons (Fsp3) is 0.160. The summed E-state index contributed by atoms with van der Waals surface area (Å²) in [6, 6.07) is 17.0. The van der Waals surface area contributed by atoms with E-state index < -0.39 is 0 Å². The number of aromatic nitrogens is 2. The molecule has 0 unspecified atom stereocenters. The van der Waals surface area contributed by atoms with Gasteiger partial charge in [0.1, 0.15) is 11.6 Å². The van der Waals surface area contributed by atoms with Crippen LogP contribution in [-0.2, 0) is 6.42 Å². The Hall–Kier alpha value is -3.64. The fourth-order valence-electron chi connectivity index (χ4n) is 3.43. The number of fused-ring (bicyclic) bond motifs is 1. The van der Waals surface area contributed by atoms with Gasteiger partial charge in [-0.3, -0.25) is 4.79 Å². The molecular weight excluding hydrogens is 424 g/mol. The van der Waals surface area contributed by atoms with Crippen molar-refractivity contribution in [2.24, 2.45) is 0 Å². The van der Waals surface area contributed by atoms with Gasteiger partial charge < -0.3 is 15.4 Å². The van der Waals surface area contributed by atoms with E-state index in [-0.39, 0.29) is 11.7 Å². The lowest BCUT2D eigenvalue weighted by Crippen LogP contribution is -2.08. The van der Waals surface area contributed by atoms with Gasteiger partial charge in [0.05, 0.1) is 10.6 Å². The van der Waals surface area contributed by atoms with Gasteiger partial charge >= 0.3 is 0 Å². The van der Waals surface area contributed by atoms with Gasteiger partial charge in [-0.1, -0.05) is 29.8 Å². The number of ketones is 1. The van der Waals surface area contributed by atoms with Gasteiger partial charge in [-0.25, -0.2) is 9.97 Å². The number of pyridine rings is 2. The Morgan fingerprint density at radius 1 is 1.06 bits per heavy atom. The van der Waals surface area contributed by atoms with Crippen molar-refractivity contribution in [2.75, 3.05) is 24.7 Å². The maximum atomic E-state index is 13.0. The van der Waals surface area contributed by atoms with Gasteiger partial charge in [-0.05, 0) is 53.8 Å². The quantitative estimate of drug-likeness (QED) is 0.375. The standard InChI is InChI=1S/C25H23ClN4O2/c1-30(2)19-5-7-20(8-6-19)32-25-22(14-18(26)15-29-25)23(31)10-4-16-3-9-21-17(13-16)11-12-28-24(21)27/h3,5-9,11-15H,4,10H2,1-2H3,(H2,27,28). The summed E-state index contributed by atoms with van der Waals surface area (Å²) in [7, 11) is 3.93. The summed E-state index contributed by atoms with van der Waals surface area (Å²) in [5.74, 6) is 1.25. The number of carbonyl (C=O) groups excluding carboxylic acids is 1. The predicted molar refractivity (Wildman–Crippen MR) is 129 cm³/mol. The summed E-state index contributed by atoms with van der Waals surface area (Å²) in [6.45, 7) is 0. The Kier molecular flexibility index (Phi) is 6.23. The molecule has 2 aromatic heterocycles. The molecule has 0 radical (unpaired) electrons. The second-order valence-electron chi connectivity index (χ2n) is 7.67. The van der Waals surface area contributed by atoms with E-state index in [9.17, 15) is 4.79 Å². The van der Waals surface area contributed by atoms with E-state index in [0.29, 0.717) is 35.0 Å². The molecule has 2 aromatic carbocycles. The molecule has 0 bridgehead atoms. The first kappa shape index (κ1) is 21.6. The summed E-state index contributed by atoms with van der Waals surface area (Å²) < 4.78 is 5.91. The Balaban J connectivity index is 1.51. The molecule has 7 heteroatoms. The fourth-order valence-corrected chi connectivity index (χ4v) is 3.59. The zero-order valence-electron chi connectivity index (χ0n) is 17.9. The van der Waals surface area contributed by atoms with Crippen LogP contribution in [0, 0.1) is 0 Å². The van der Waals surface area contributed by atoms with E-state index in [0.717, 1.165) is 22.0 Å². The van der Waals surface area contributed by atoms with Crippen molar-refractivity contribution in [3.05, 3.63) is 83.1 Å². The van der Waals surface area contributed by atoms with Crippen molar-refractivity contribution in [2.45, 2.75) is 12.8 Å². The highest BCUT2D eigenvalue weighted by atomic mass is 35.5. The smallest absolute Gasteiger partial charge is 0.230 e. The van der Waals surface area contributed by atoms with Crippen LogP contribution in [0.5, 0.6) is 11.6 Å². The summed E-state index contributed by atoms with van der Waals surface area (Å²) in [6.07, 6.45) is 4.02. The number of ether oxygens (including phenoxy) is 1. The number of hydrogen-bond acceptors (Lipinski definition) is 6. The molecule has 0 aliphatic rings. The Bertz CT molecular complexity index is 1270. The van der Waals surface area contributed by atoms with Gasteiger partial charge in [0, 0.05) is 44.0 Å². The van der Waals surface area contributed by atoms with Gasteiger partial charge in [0.25, 0.3) is 0 Å². The van der Waals surface area contributed by atoms with Crippen LogP contribution in [0.25, 0.3) is 10.8 Å². The summed E-state index contributed by atoms with van der Waals surface area (Å²) in [4.78, 5) is 23.4. The van der Waals surface area contributed by atoms with E-state index in [4.69, 9.17) is 22.1 Å². The third-order valence-corrected chi connectivity index (χ3v) is 5.39. The number of halogens is 1. The number of rotatable bonds is 7. The number of anilines is 2. The van der Waals surface area contributed by atoms with E-state index in [1.165, 1.54) is 6.20 Å². The molecule has 0 spiro atoms. The normalized spacial score (nSPS) is 10.8. The lowest BCUT2D eigenvalue weighted by atomic mass is 10.0. The topological polar surface area (TPSA) is 81.3 Å². The molecule has 2 N–H and O–H groups in total. The molecule has 4 aromatic rings. The number of Topliss-reactive ketones (excluding diaryl/α,β-unsaturated/α-hetero) is 1. The summed E-state index contributed by atoms with van der Waals surface area (Å²) >= 11 is 6.12. The second kappa shape index (κ2) is 9.24. The highest BCUT2D eigenvalue weighted by Gasteiger charge is 2.16. The van der Waals surface area contributed by atoms with Gasteiger partial charge in [0.15, 0.2) is 5.78 Å². The SMILES string of the molecule is CN(C)c1ccc(Oc2ncc(Cl)cc2C(=O)CCc2ccc3c(N)nccc3c2)cc1. The Morgan fingerprint density at radius 3 is 2.59 bits per heavy atom. The van der Waals surface area contributed by atoms with Crippen molar-refractivity contribution in [3.8, 4) is 11.6 Å². The van der Waals surface area contributed by atoms with Gasteiger partial charge in [0.2, 0.25) is 5.88 Å². The molecule has 2 heterocycles. The maximum absolute atomic E-state index is 13.0. The van der Waals surface area contributed by atoms with Crippen LogP contribution < -0.4 is 15.4 Å². The van der Waals surface area contributed by atoms with Crippen molar-refractivity contribution in [1.82, 2.24) is 9.97 Å². The number of hydrogen-bond donors (Lipinski definition) is 1. The number of nitrogens with two attached hydrogens (primary N) is 1. The first-order valence-corrected chi connectivity index (χ1v) is 10.6. The van der Waals surface area contributed by atoms with Crippen LogP contribution in [0.4, 0.5) is 11.5 Å². The third kappa shape index (κ3) is 4.81. The van der Waals surface area contributed by atoms with Crippen LogP contribution >= 0.6 is 11.6 Å².